The molecular weight excluding hydrogens is 351 g/mol. The zero-order chi connectivity index (χ0) is 16.9. The fraction of sp³-hybridized carbons (Fsp3) is 0.312. The van der Waals surface area contributed by atoms with Crippen molar-refractivity contribution in [1.82, 2.24) is 15.3 Å². The van der Waals surface area contributed by atoms with Crippen LogP contribution in [0.2, 0.25) is 10.0 Å². The highest BCUT2D eigenvalue weighted by Crippen LogP contribution is 2.27. The second-order valence-corrected chi connectivity index (χ2v) is 6.23. The van der Waals surface area contributed by atoms with Gasteiger partial charge in [-0.2, -0.15) is 0 Å². The minimum Gasteiger partial charge on any atom is -0.376 e. The van der Waals surface area contributed by atoms with Gasteiger partial charge in [-0.1, -0.05) is 23.2 Å². The molecule has 126 valence electrons. The predicted molar refractivity (Wildman–Crippen MR) is 93.1 cm³/mol. The summed E-state index contributed by atoms with van der Waals surface area (Å²) in [7, 11) is 0. The smallest absolute Gasteiger partial charge is 0.270 e. The normalized spacial score (nSPS) is 16.8. The largest absolute Gasteiger partial charge is 0.376 e. The number of hydrogen-bond donors (Lipinski definition) is 2. The van der Waals surface area contributed by atoms with Crippen LogP contribution in [0.25, 0.3) is 0 Å². The van der Waals surface area contributed by atoms with Crippen LogP contribution in [-0.2, 0) is 4.74 Å². The quantitative estimate of drug-likeness (QED) is 0.847. The van der Waals surface area contributed by atoms with Crippen molar-refractivity contribution >= 4 is 40.6 Å². The van der Waals surface area contributed by atoms with Gasteiger partial charge in [0.25, 0.3) is 5.91 Å². The monoisotopic (exact) mass is 366 g/mol. The van der Waals surface area contributed by atoms with Gasteiger partial charge in [-0.25, -0.2) is 9.97 Å². The third-order valence-electron chi connectivity index (χ3n) is 3.61. The average Bonchev–Trinajstić information content (AvgIpc) is 3.09. The number of ether oxygens (including phenoxy) is 1. The van der Waals surface area contributed by atoms with Crippen molar-refractivity contribution in [2.75, 3.05) is 18.5 Å². The van der Waals surface area contributed by atoms with E-state index in [1.54, 1.807) is 24.3 Å². The number of halogens is 2. The summed E-state index contributed by atoms with van der Waals surface area (Å²) in [5.74, 6) is 0.203. The summed E-state index contributed by atoms with van der Waals surface area (Å²) in [6.45, 7) is 1.23. The van der Waals surface area contributed by atoms with E-state index in [1.165, 1.54) is 6.33 Å². The van der Waals surface area contributed by atoms with Crippen LogP contribution >= 0.6 is 23.2 Å². The Morgan fingerprint density at radius 3 is 2.92 bits per heavy atom. The number of anilines is 2. The minimum atomic E-state index is -0.266. The first-order valence-corrected chi connectivity index (χ1v) is 8.31. The number of carbonyl (C=O) groups is 1. The van der Waals surface area contributed by atoms with E-state index < -0.39 is 0 Å². The first-order valence-electron chi connectivity index (χ1n) is 7.56. The summed E-state index contributed by atoms with van der Waals surface area (Å²) < 4.78 is 5.48. The molecule has 24 heavy (non-hydrogen) atoms. The van der Waals surface area contributed by atoms with Gasteiger partial charge in [0.15, 0.2) is 0 Å². The second kappa shape index (κ2) is 7.79. The lowest BCUT2D eigenvalue weighted by molar-refractivity contribution is 0.0853. The maximum atomic E-state index is 12.2. The Hall–Kier alpha value is -1.89. The first-order chi connectivity index (χ1) is 11.6. The van der Waals surface area contributed by atoms with E-state index in [2.05, 4.69) is 20.6 Å². The maximum absolute atomic E-state index is 12.2. The molecule has 1 aliphatic heterocycles. The number of nitrogens with one attached hydrogen (secondary N) is 2. The predicted octanol–water partition coefficient (Wildman–Crippen LogP) is 3.44. The molecule has 2 N–H and O–H groups in total. The summed E-state index contributed by atoms with van der Waals surface area (Å²) in [5.41, 5.74) is 0.918. The Morgan fingerprint density at radius 1 is 1.29 bits per heavy atom. The molecule has 6 nitrogen and oxygen atoms in total. The number of aromatic nitrogens is 2. The van der Waals surface area contributed by atoms with Crippen molar-refractivity contribution in [3.8, 4) is 0 Å². The summed E-state index contributed by atoms with van der Waals surface area (Å²) in [6.07, 6.45) is 3.41. The molecule has 2 heterocycles. The SMILES string of the molecule is O=C(NCC1CCCO1)c1cc(Nc2ccc(Cl)cc2Cl)ncn1. The van der Waals surface area contributed by atoms with Crippen LogP contribution in [-0.4, -0.2) is 35.1 Å². The lowest BCUT2D eigenvalue weighted by Crippen LogP contribution is -2.32. The zero-order valence-electron chi connectivity index (χ0n) is 12.8. The summed E-state index contributed by atoms with van der Waals surface area (Å²) in [5, 5.41) is 6.88. The van der Waals surface area contributed by atoms with Gasteiger partial charge in [-0.05, 0) is 31.0 Å². The molecule has 0 bridgehead atoms. The van der Waals surface area contributed by atoms with Crippen LogP contribution < -0.4 is 10.6 Å². The third kappa shape index (κ3) is 4.35. The zero-order valence-corrected chi connectivity index (χ0v) is 14.3. The Balaban J connectivity index is 1.65. The van der Waals surface area contributed by atoms with Crippen LogP contribution in [0.15, 0.2) is 30.6 Å². The van der Waals surface area contributed by atoms with Gasteiger partial charge in [0.2, 0.25) is 0 Å². The summed E-state index contributed by atoms with van der Waals surface area (Å²) in [6, 6.07) is 6.65. The molecule has 1 atom stereocenters. The van der Waals surface area contributed by atoms with Crippen molar-refractivity contribution in [3.63, 3.8) is 0 Å². The Morgan fingerprint density at radius 2 is 2.17 bits per heavy atom. The molecule has 1 fully saturated rings. The Labute approximate surface area is 149 Å². The van der Waals surface area contributed by atoms with Gasteiger partial charge in [0, 0.05) is 24.2 Å². The minimum absolute atomic E-state index is 0.0845. The Kier molecular flexibility index (Phi) is 5.50. The third-order valence-corrected chi connectivity index (χ3v) is 4.16. The van der Waals surface area contributed by atoms with Gasteiger partial charge in [-0.3, -0.25) is 4.79 Å². The molecule has 1 aromatic carbocycles. The lowest BCUT2D eigenvalue weighted by Gasteiger charge is -2.11. The van der Waals surface area contributed by atoms with E-state index >= 15 is 0 Å². The van der Waals surface area contributed by atoms with Crippen LogP contribution in [0.3, 0.4) is 0 Å². The van der Waals surface area contributed by atoms with E-state index in [4.69, 9.17) is 27.9 Å². The number of benzene rings is 1. The number of amides is 1. The molecular formula is C16H16Cl2N4O2. The number of rotatable bonds is 5. The highest BCUT2D eigenvalue weighted by atomic mass is 35.5. The van der Waals surface area contributed by atoms with Gasteiger partial charge in [-0.15, -0.1) is 0 Å². The van der Waals surface area contributed by atoms with Crippen molar-refractivity contribution < 1.29 is 9.53 Å². The molecule has 0 spiro atoms. The van der Waals surface area contributed by atoms with Crippen LogP contribution in [0.5, 0.6) is 0 Å². The van der Waals surface area contributed by atoms with Gasteiger partial charge in [0.05, 0.1) is 16.8 Å². The number of hydrogen-bond acceptors (Lipinski definition) is 5. The average molecular weight is 367 g/mol. The second-order valence-electron chi connectivity index (χ2n) is 5.38. The van der Waals surface area contributed by atoms with Gasteiger partial charge < -0.3 is 15.4 Å². The van der Waals surface area contributed by atoms with Crippen molar-refractivity contribution in [1.29, 1.82) is 0 Å². The molecule has 0 radical (unpaired) electrons. The highest BCUT2D eigenvalue weighted by molar-refractivity contribution is 6.36. The molecule has 1 saturated heterocycles. The molecule has 8 heteroatoms. The topological polar surface area (TPSA) is 76.1 Å². The standard InChI is InChI=1S/C16H16Cl2N4O2/c17-10-3-4-13(12(18)6-10)22-15-7-14(20-9-21-15)16(23)19-8-11-2-1-5-24-11/h3-4,6-7,9,11H,1-2,5,8H2,(H,19,23)(H,20,21,22). The fourth-order valence-corrected chi connectivity index (χ4v) is 2.84. The van der Waals surface area contributed by atoms with Gasteiger partial charge in [0.1, 0.15) is 17.8 Å². The van der Waals surface area contributed by atoms with Crippen LogP contribution in [0, 0.1) is 0 Å². The Bertz CT molecular complexity index is 736. The van der Waals surface area contributed by atoms with E-state index in [0.717, 1.165) is 19.4 Å². The first kappa shape index (κ1) is 17.0. The number of carbonyl (C=O) groups excluding carboxylic acids is 1. The van der Waals surface area contributed by atoms with E-state index in [0.29, 0.717) is 28.1 Å². The van der Waals surface area contributed by atoms with Crippen LogP contribution in [0.4, 0.5) is 11.5 Å². The van der Waals surface area contributed by atoms with Gasteiger partial charge >= 0.3 is 0 Å². The van der Waals surface area contributed by atoms with E-state index in [1.807, 2.05) is 0 Å². The number of nitrogens with zero attached hydrogens (tertiary/aromatic N) is 2. The lowest BCUT2D eigenvalue weighted by atomic mass is 10.2. The molecule has 0 aliphatic carbocycles. The fourth-order valence-electron chi connectivity index (χ4n) is 2.38. The maximum Gasteiger partial charge on any atom is 0.270 e. The molecule has 1 aromatic heterocycles. The molecule has 1 amide bonds. The van der Waals surface area contributed by atoms with Crippen molar-refractivity contribution in [2.45, 2.75) is 18.9 Å². The molecule has 2 aromatic rings. The highest BCUT2D eigenvalue weighted by Gasteiger charge is 2.17. The van der Waals surface area contributed by atoms with Crippen LogP contribution in [0.1, 0.15) is 23.3 Å². The molecule has 1 aliphatic rings. The summed E-state index contributed by atoms with van der Waals surface area (Å²) >= 11 is 12.0. The molecule has 0 saturated carbocycles. The molecule has 1 unspecified atom stereocenters. The van der Waals surface area contributed by atoms with Crippen molar-refractivity contribution in [3.05, 3.63) is 46.3 Å². The van der Waals surface area contributed by atoms with E-state index in [9.17, 15) is 4.79 Å². The van der Waals surface area contributed by atoms with E-state index in [-0.39, 0.29) is 17.7 Å². The summed E-state index contributed by atoms with van der Waals surface area (Å²) in [4.78, 5) is 20.3. The van der Waals surface area contributed by atoms with Crippen molar-refractivity contribution in [2.24, 2.45) is 0 Å². The molecule has 3 rings (SSSR count).